The number of hydrogen-bond donors (Lipinski definition) is 2. The van der Waals surface area contributed by atoms with E-state index in [1.807, 2.05) is 97.1 Å². The van der Waals surface area contributed by atoms with Gasteiger partial charge in [0.25, 0.3) is 5.91 Å². The van der Waals surface area contributed by atoms with Crippen molar-refractivity contribution in [3.63, 3.8) is 0 Å². The molecule has 0 heterocycles. The number of hydrogen-bond acceptors (Lipinski definition) is 4. The largest absolute Gasteiger partial charge is 0.495 e. The van der Waals surface area contributed by atoms with Crippen LogP contribution in [-0.4, -0.2) is 25.3 Å². The third kappa shape index (κ3) is 6.07. The Labute approximate surface area is 170 Å². The van der Waals surface area contributed by atoms with Crippen LogP contribution in [0, 0.1) is 0 Å². The quantitative estimate of drug-likeness (QED) is 0.448. The molecule has 0 atom stereocenters. The zero-order chi connectivity index (χ0) is 20.3. The minimum atomic E-state index is -0.252. The van der Waals surface area contributed by atoms with Crippen LogP contribution in [0.2, 0.25) is 0 Å². The Bertz CT molecular complexity index is 983. The smallest absolute Gasteiger partial charge is 0.259 e. The minimum Gasteiger partial charge on any atom is -0.495 e. The third-order valence-corrected chi connectivity index (χ3v) is 4.15. The minimum absolute atomic E-state index is 0.0777. The van der Waals surface area contributed by atoms with Gasteiger partial charge in [0.15, 0.2) is 0 Å². The summed E-state index contributed by atoms with van der Waals surface area (Å²) in [5.41, 5.74) is 6.01. The number of anilines is 1. The molecule has 0 bridgehead atoms. The number of carbonyl (C=O) groups excluding carboxylic acids is 1. The molecule has 0 aromatic heterocycles. The molecule has 5 heteroatoms. The first-order chi connectivity index (χ1) is 14.3. The molecule has 3 aromatic rings. The molecule has 0 fully saturated rings. The molecule has 1 amide bonds. The van der Waals surface area contributed by atoms with E-state index in [2.05, 4.69) is 15.8 Å². The van der Waals surface area contributed by atoms with Gasteiger partial charge in [-0.2, -0.15) is 5.10 Å². The van der Waals surface area contributed by atoms with Gasteiger partial charge >= 0.3 is 0 Å². The molecule has 3 rings (SSSR count). The standard InChI is InChI=1S/C24H23N3O2/c1-29-23-15-9-8-14-22(23)25-18-24(28)27-26-21(20-12-6-3-7-13-20)17-16-19-10-4-2-5-11-19/h2-17,25H,18H2,1H3,(H,27,28)/b17-16-,26-21?. The Kier molecular flexibility index (Phi) is 7.18. The summed E-state index contributed by atoms with van der Waals surface area (Å²) in [7, 11) is 1.59. The van der Waals surface area contributed by atoms with Crippen LogP contribution in [0.15, 0.2) is 96.1 Å². The van der Waals surface area contributed by atoms with E-state index in [0.29, 0.717) is 11.5 Å². The maximum Gasteiger partial charge on any atom is 0.259 e. The molecule has 2 N–H and O–H groups in total. The predicted molar refractivity (Wildman–Crippen MR) is 118 cm³/mol. The number of ether oxygens (including phenoxy) is 1. The fourth-order valence-electron chi connectivity index (χ4n) is 2.67. The molecule has 0 spiro atoms. The maximum absolute atomic E-state index is 12.3. The van der Waals surface area contributed by atoms with Gasteiger partial charge in [-0.1, -0.05) is 78.9 Å². The van der Waals surface area contributed by atoms with Gasteiger partial charge in [0.2, 0.25) is 0 Å². The Morgan fingerprint density at radius 2 is 1.59 bits per heavy atom. The number of benzene rings is 3. The predicted octanol–water partition coefficient (Wildman–Crippen LogP) is 4.34. The van der Waals surface area contributed by atoms with Crippen LogP contribution < -0.4 is 15.5 Å². The number of nitrogens with zero attached hydrogens (tertiary/aromatic N) is 1. The maximum atomic E-state index is 12.3. The van der Waals surface area contributed by atoms with Crippen LogP contribution in [0.5, 0.6) is 5.75 Å². The highest BCUT2D eigenvalue weighted by atomic mass is 16.5. The van der Waals surface area contributed by atoms with Gasteiger partial charge in [0.1, 0.15) is 5.75 Å². The zero-order valence-corrected chi connectivity index (χ0v) is 16.2. The second-order valence-electron chi connectivity index (χ2n) is 6.20. The summed E-state index contributed by atoms with van der Waals surface area (Å²) in [6, 6.07) is 27.1. The first-order valence-corrected chi connectivity index (χ1v) is 9.28. The van der Waals surface area contributed by atoms with Crippen molar-refractivity contribution in [2.75, 3.05) is 19.0 Å². The van der Waals surface area contributed by atoms with Crippen molar-refractivity contribution < 1.29 is 9.53 Å². The Morgan fingerprint density at radius 3 is 2.31 bits per heavy atom. The van der Waals surface area contributed by atoms with Gasteiger partial charge in [0.05, 0.1) is 25.1 Å². The number of methoxy groups -OCH3 is 1. The Balaban J connectivity index is 1.69. The molecule has 0 saturated carbocycles. The number of para-hydroxylation sites is 2. The molecule has 0 aliphatic rings. The first kappa shape index (κ1) is 19.9. The number of allylic oxidation sites excluding steroid dienone is 1. The summed E-state index contributed by atoms with van der Waals surface area (Å²) >= 11 is 0. The molecular weight excluding hydrogens is 362 g/mol. The molecule has 0 aliphatic carbocycles. The highest BCUT2D eigenvalue weighted by Crippen LogP contribution is 2.22. The number of nitrogens with one attached hydrogen (secondary N) is 2. The molecule has 0 unspecified atom stereocenters. The molecule has 5 nitrogen and oxygen atoms in total. The lowest BCUT2D eigenvalue weighted by Gasteiger charge is -2.10. The average molecular weight is 385 g/mol. The summed E-state index contributed by atoms with van der Waals surface area (Å²) in [6.45, 7) is 0.0777. The Hall–Kier alpha value is -3.86. The van der Waals surface area contributed by atoms with Crippen molar-refractivity contribution in [1.82, 2.24) is 5.43 Å². The SMILES string of the molecule is COc1ccccc1NCC(=O)NN=C(/C=C\c1ccccc1)c1ccccc1. The first-order valence-electron chi connectivity index (χ1n) is 9.28. The van der Waals surface area contributed by atoms with Crippen molar-refractivity contribution in [3.05, 3.63) is 102 Å². The molecule has 3 aromatic carbocycles. The number of hydrazone groups is 1. The average Bonchev–Trinajstić information content (AvgIpc) is 2.79. The van der Waals surface area contributed by atoms with E-state index in [1.54, 1.807) is 7.11 Å². The topological polar surface area (TPSA) is 62.7 Å². The summed E-state index contributed by atoms with van der Waals surface area (Å²) in [5, 5.41) is 7.38. The molecule has 0 saturated heterocycles. The lowest BCUT2D eigenvalue weighted by molar-refractivity contribution is -0.119. The van der Waals surface area contributed by atoms with Crippen LogP contribution in [0.3, 0.4) is 0 Å². The number of rotatable bonds is 8. The molecule has 0 aliphatic heterocycles. The van der Waals surface area contributed by atoms with E-state index in [4.69, 9.17) is 4.74 Å². The van der Waals surface area contributed by atoms with Crippen LogP contribution in [0.25, 0.3) is 6.08 Å². The summed E-state index contributed by atoms with van der Waals surface area (Å²) in [6.07, 6.45) is 3.85. The highest BCUT2D eigenvalue weighted by molar-refractivity contribution is 6.11. The highest BCUT2D eigenvalue weighted by Gasteiger charge is 2.05. The second kappa shape index (κ2) is 10.5. The van der Waals surface area contributed by atoms with Crippen LogP contribution in [0.4, 0.5) is 5.69 Å². The summed E-state index contributed by atoms with van der Waals surface area (Å²) in [4.78, 5) is 12.3. The van der Waals surface area contributed by atoms with Crippen molar-refractivity contribution >= 4 is 23.4 Å². The monoisotopic (exact) mass is 385 g/mol. The van der Waals surface area contributed by atoms with E-state index in [0.717, 1.165) is 16.8 Å². The fraction of sp³-hybridized carbons (Fsp3) is 0.0833. The molecule has 29 heavy (non-hydrogen) atoms. The molecule has 146 valence electrons. The second-order valence-corrected chi connectivity index (χ2v) is 6.20. The zero-order valence-electron chi connectivity index (χ0n) is 16.2. The lowest BCUT2D eigenvalue weighted by Crippen LogP contribution is -2.27. The van der Waals surface area contributed by atoms with Crippen molar-refractivity contribution in [1.29, 1.82) is 0 Å². The molecule has 0 radical (unpaired) electrons. The van der Waals surface area contributed by atoms with Gasteiger partial charge in [-0.3, -0.25) is 4.79 Å². The fourth-order valence-corrected chi connectivity index (χ4v) is 2.67. The number of amides is 1. The van der Waals surface area contributed by atoms with E-state index < -0.39 is 0 Å². The normalized spacial score (nSPS) is 11.3. The number of carbonyl (C=O) groups is 1. The van der Waals surface area contributed by atoms with Gasteiger partial charge in [0, 0.05) is 5.56 Å². The van der Waals surface area contributed by atoms with Gasteiger partial charge in [-0.25, -0.2) is 5.43 Å². The van der Waals surface area contributed by atoms with Gasteiger partial charge in [-0.15, -0.1) is 0 Å². The van der Waals surface area contributed by atoms with Crippen molar-refractivity contribution in [2.45, 2.75) is 0 Å². The third-order valence-electron chi connectivity index (χ3n) is 4.15. The Morgan fingerprint density at radius 1 is 0.931 bits per heavy atom. The summed E-state index contributed by atoms with van der Waals surface area (Å²) in [5.74, 6) is 0.428. The van der Waals surface area contributed by atoms with Crippen LogP contribution >= 0.6 is 0 Å². The van der Waals surface area contributed by atoms with Gasteiger partial charge in [-0.05, 0) is 23.8 Å². The van der Waals surface area contributed by atoms with Crippen LogP contribution in [0.1, 0.15) is 11.1 Å². The lowest BCUT2D eigenvalue weighted by atomic mass is 10.1. The van der Waals surface area contributed by atoms with E-state index in [1.165, 1.54) is 0 Å². The van der Waals surface area contributed by atoms with E-state index in [-0.39, 0.29) is 12.5 Å². The van der Waals surface area contributed by atoms with E-state index >= 15 is 0 Å². The molecular formula is C24H23N3O2. The summed E-state index contributed by atoms with van der Waals surface area (Å²) < 4.78 is 5.28. The van der Waals surface area contributed by atoms with Crippen LogP contribution in [-0.2, 0) is 4.79 Å². The van der Waals surface area contributed by atoms with E-state index in [9.17, 15) is 4.79 Å². The van der Waals surface area contributed by atoms with Gasteiger partial charge < -0.3 is 10.1 Å². The van der Waals surface area contributed by atoms with Crippen molar-refractivity contribution in [3.8, 4) is 5.75 Å². The van der Waals surface area contributed by atoms with Crippen molar-refractivity contribution in [2.24, 2.45) is 5.10 Å².